The van der Waals surface area contributed by atoms with Gasteiger partial charge in [0.15, 0.2) is 5.96 Å². The number of nitrogens with zero attached hydrogens (tertiary/aromatic N) is 3. The van der Waals surface area contributed by atoms with Gasteiger partial charge >= 0.3 is 0 Å². The van der Waals surface area contributed by atoms with Gasteiger partial charge in [-0.25, -0.2) is 0 Å². The molecule has 0 aromatic carbocycles. The molecule has 7 heteroatoms. The van der Waals surface area contributed by atoms with Gasteiger partial charge in [0.25, 0.3) is 0 Å². The van der Waals surface area contributed by atoms with E-state index >= 15 is 0 Å². The van der Waals surface area contributed by atoms with Gasteiger partial charge in [0.2, 0.25) is 5.91 Å². The molecule has 2 saturated heterocycles. The number of unbranched alkanes of at least 4 members (excludes halogenated alkanes) is 2. The van der Waals surface area contributed by atoms with E-state index in [1.54, 1.807) is 0 Å². The highest BCUT2D eigenvalue weighted by molar-refractivity contribution is 14.0. The van der Waals surface area contributed by atoms with Crippen LogP contribution in [0.3, 0.4) is 0 Å². The molecule has 0 unspecified atom stereocenters. The van der Waals surface area contributed by atoms with Crippen molar-refractivity contribution in [2.75, 3.05) is 46.3 Å². The van der Waals surface area contributed by atoms with Crippen molar-refractivity contribution in [3.63, 3.8) is 0 Å². The molecule has 0 aromatic rings. The number of carbonyl (C=O) groups excluding carboxylic acids is 1. The predicted octanol–water partition coefficient (Wildman–Crippen LogP) is 3.85. The number of halogens is 1. The van der Waals surface area contributed by atoms with Gasteiger partial charge in [-0.15, -0.1) is 24.0 Å². The summed E-state index contributed by atoms with van der Waals surface area (Å²) < 4.78 is 0. The minimum absolute atomic E-state index is 0. The average Bonchev–Trinajstić information content (AvgIpc) is 2.77. The molecule has 0 atom stereocenters. The van der Waals surface area contributed by atoms with Crippen molar-refractivity contribution in [3.05, 3.63) is 0 Å². The summed E-state index contributed by atoms with van der Waals surface area (Å²) in [5, 5.41) is 7.03. The van der Waals surface area contributed by atoms with Crippen LogP contribution in [0.15, 0.2) is 4.99 Å². The third-order valence-corrected chi connectivity index (χ3v) is 6.60. The first kappa shape index (κ1) is 27.5. The molecular weight excluding hydrogens is 489 g/mol. The molecular formula is C23H46IN5O. The van der Waals surface area contributed by atoms with Gasteiger partial charge in [-0.2, -0.15) is 0 Å². The van der Waals surface area contributed by atoms with E-state index < -0.39 is 0 Å². The molecule has 2 aliphatic heterocycles. The molecule has 2 aliphatic rings. The summed E-state index contributed by atoms with van der Waals surface area (Å²) in [7, 11) is 1.84. The Labute approximate surface area is 202 Å². The monoisotopic (exact) mass is 535 g/mol. The Morgan fingerprint density at radius 1 is 1.00 bits per heavy atom. The van der Waals surface area contributed by atoms with Crippen LogP contribution in [0.25, 0.3) is 0 Å². The first-order valence-corrected chi connectivity index (χ1v) is 12.2. The molecule has 2 N–H and O–H groups in total. The average molecular weight is 536 g/mol. The quantitative estimate of drug-likeness (QED) is 0.193. The van der Waals surface area contributed by atoms with Crippen molar-refractivity contribution in [2.24, 2.45) is 10.9 Å². The number of piperidine rings is 2. The first-order valence-electron chi connectivity index (χ1n) is 12.2. The molecule has 6 nitrogen and oxygen atoms in total. The van der Waals surface area contributed by atoms with E-state index in [4.69, 9.17) is 0 Å². The van der Waals surface area contributed by atoms with Gasteiger partial charge in [-0.3, -0.25) is 9.79 Å². The largest absolute Gasteiger partial charge is 0.356 e. The Kier molecular flexibility index (Phi) is 14.8. The molecule has 30 heavy (non-hydrogen) atoms. The number of likely N-dealkylation sites (tertiary alicyclic amines) is 2. The smallest absolute Gasteiger partial charge is 0.225 e. The van der Waals surface area contributed by atoms with Crippen LogP contribution in [-0.4, -0.2) is 74.0 Å². The summed E-state index contributed by atoms with van der Waals surface area (Å²) >= 11 is 0. The number of hydrogen-bond donors (Lipinski definition) is 2. The zero-order valence-corrected chi connectivity index (χ0v) is 22.0. The van der Waals surface area contributed by atoms with Gasteiger partial charge in [0, 0.05) is 38.6 Å². The summed E-state index contributed by atoms with van der Waals surface area (Å²) in [6.45, 7) is 10.8. The van der Waals surface area contributed by atoms with Crippen molar-refractivity contribution in [3.8, 4) is 0 Å². The Hall–Kier alpha value is -0.570. The van der Waals surface area contributed by atoms with E-state index in [1.165, 1.54) is 58.2 Å². The lowest BCUT2D eigenvalue weighted by atomic mass is 9.98. The van der Waals surface area contributed by atoms with Gasteiger partial charge in [-0.05, 0) is 71.0 Å². The summed E-state index contributed by atoms with van der Waals surface area (Å²) in [6.07, 6.45) is 11.8. The van der Waals surface area contributed by atoms with Crippen molar-refractivity contribution < 1.29 is 4.79 Å². The molecule has 0 bridgehead atoms. The standard InChI is InChI=1S/C23H45N5O.HI/c1-4-20(5-2)22(29)28-18-12-21(13-19-28)26-23(24-3)25-14-8-6-9-15-27-16-10-7-11-17-27;/h20-21H,4-19H2,1-3H3,(H2,24,25,26);1H. The third kappa shape index (κ3) is 9.71. The molecule has 1 amide bonds. The Bertz CT molecular complexity index is 484. The summed E-state index contributed by atoms with van der Waals surface area (Å²) in [6, 6.07) is 0.408. The van der Waals surface area contributed by atoms with Gasteiger partial charge in [-0.1, -0.05) is 26.7 Å². The van der Waals surface area contributed by atoms with E-state index in [2.05, 4.69) is 39.3 Å². The molecule has 0 spiro atoms. The number of amides is 1. The normalized spacial score (nSPS) is 18.9. The molecule has 0 aliphatic carbocycles. The SMILES string of the molecule is CCC(CC)C(=O)N1CCC(NC(=NC)NCCCCCN2CCCCC2)CC1.I. The van der Waals surface area contributed by atoms with E-state index in [0.29, 0.717) is 11.9 Å². The lowest BCUT2D eigenvalue weighted by Crippen LogP contribution is -2.50. The highest BCUT2D eigenvalue weighted by Gasteiger charge is 2.26. The Morgan fingerprint density at radius 2 is 1.67 bits per heavy atom. The van der Waals surface area contributed by atoms with Crippen LogP contribution in [0.4, 0.5) is 0 Å². The lowest BCUT2D eigenvalue weighted by Gasteiger charge is -2.34. The molecule has 0 aromatic heterocycles. The zero-order chi connectivity index (χ0) is 20.9. The van der Waals surface area contributed by atoms with Crippen LogP contribution in [0.1, 0.15) is 78.1 Å². The Morgan fingerprint density at radius 3 is 2.27 bits per heavy atom. The van der Waals surface area contributed by atoms with E-state index in [1.807, 2.05) is 7.05 Å². The Balaban J connectivity index is 0.00000450. The third-order valence-electron chi connectivity index (χ3n) is 6.60. The summed E-state index contributed by atoms with van der Waals surface area (Å²) in [5.74, 6) is 1.45. The minimum Gasteiger partial charge on any atom is -0.356 e. The number of guanidine groups is 1. The highest BCUT2D eigenvalue weighted by atomic mass is 127. The van der Waals surface area contributed by atoms with E-state index in [-0.39, 0.29) is 29.9 Å². The van der Waals surface area contributed by atoms with Crippen molar-refractivity contribution in [2.45, 2.75) is 84.1 Å². The maximum absolute atomic E-state index is 12.5. The van der Waals surface area contributed by atoms with Crippen LogP contribution >= 0.6 is 24.0 Å². The zero-order valence-electron chi connectivity index (χ0n) is 19.6. The lowest BCUT2D eigenvalue weighted by molar-refractivity contribution is -0.136. The first-order chi connectivity index (χ1) is 14.2. The molecule has 176 valence electrons. The van der Waals surface area contributed by atoms with Gasteiger partial charge in [0.1, 0.15) is 0 Å². The fourth-order valence-electron chi connectivity index (χ4n) is 4.56. The second-order valence-electron chi connectivity index (χ2n) is 8.72. The number of nitrogens with one attached hydrogen (secondary N) is 2. The van der Waals surface area contributed by atoms with Crippen molar-refractivity contribution in [1.29, 1.82) is 0 Å². The number of aliphatic imine (C=N–C) groups is 1. The van der Waals surface area contributed by atoms with Crippen LogP contribution in [-0.2, 0) is 4.79 Å². The maximum atomic E-state index is 12.5. The summed E-state index contributed by atoms with van der Waals surface area (Å²) in [5.41, 5.74) is 0. The maximum Gasteiger partial charge on any atom is 0.225 e. The molecule has 2 heterocycles. The second-order valence-corrected chi connectivity index (χ2v) is 8.72. The van der Waals surface area contributed by atoms with Crippen LogP contribution in [0, 0.1) is 5.92 Å². The highest BCUT2D eigenvalue weighted by Crippen LogP contribution is 2.17. The van der Waals surface area contributed by atoms with Crippen molar-refractivity contribution >= 4 is 35.8 Å². The second kappa shape index (κ2) is 16.1. The van der Waals surface area contributed by atoms with Crippen LogP contribution in [0.2, 0.25) is 0 Å². The summed E-state index contributed by atoms with van der Waals surface area (Å²) in [4.78, 5) is 21.6. The molecule has 2 fully saturated rings. The van der Waals surface area contributed by atoms with E-state index in [0.717, 1.165) is 51.3 Å². The predicted molar refractivity (Wildman–Crippen MR) is 138 cm³/mol. The number of hydrogen-bond acceptors (Lipinski definition) is 3. The van der Waals surface area contributed by atoms with Gasteiger partial charge in [0.05, 0.1) is 0 Å². The fourth-order valence-corrected chi connectivity index (χ4v) is 4.56. The fraction of sp³-hybridized carbons (Fsp3) is 0.913. The topological polar surface area (TPSA) is 60.0 Å². The van der Waals surface area contributed by atoms with Crippen molar-refractivity contribution in [1.82, 2.24) is 20.4 Å². The van der Waals surface area contributed by atoms with Crippen LogP contribution in [0.5, 0.6) is 0 Å². The number of rotatable bonds is 10. The van der Waals surface area contributed by atoms with E-state index in [9.17, 15) is 4.79 Å². The van der Waals surface area contributed by atoms with Gasteiger partial charge < -0.3 is 20.4 Å². The number of carbonyl (C=O) groups is 1. The molecule has 2 rings (SSSR count). The molecule has 0 saturated carbocycles. The molecule has 0 radical (unpaired) electrons. The van der Waals surface area contributed by atoms with Crippen LogP contribution < -0.4 is 10.6 Å². The minimum atomic E-state index is 0.